The Labute approximate surface area is 149 Å². The van der Waals surface area contributed by atoms with Crippen LogP contribution in [0.1, 0.15) is 26.5 Å². The molecular weight excluding hydrogens is 320 g/mol. The SMILES string of the molecule is C/C(=N\OC(C)CN1CCOCC1)C(=O)N[C@H](C)Cc1ccccn1. The van der Waals surface area contributed by atoms with E-state index in [2.05, 4.69) is 20.4 Å². The first kappa shape index (κ1) is 19.3. The van der Waals surface area contributed by atoms with Crippen molar-refractivity contribution in [2.75, 3.05) is 32.8 Å². The second-order valence-electron chi connectivity index (χ2n) is 6.41. The van der Waals surface area contributed by atoms with Gasteiger partial charge in [0.15, 0.2) is 0 Å². The molecule has 2 atom stereocenters. The van der Waals surface area contributed by atoms with Gasteiger partial charge in [0.05, 0.1) is 13.2 Å². The molecule has 0 bridgehead atoms. The number of hydrogen-bond acceptors (Lipinski definition) is 6. The van der Waals surface area contributed by atoms with Gasteiger partial charge < -0.3 is 14.9 Å². The number of rotatable bonds is 8. The molecule has 1 N–H and O–H groups in total. The van der Waals surface area contributed by atoms with Crippen LogP contribution >= 0.6 is 0 Å². The zero-order chi connectivity index (χ0) is 18.1. The summed E-state index contributed by atoms with van der Waals surface area (Å²) in [7, 11) is 0. The van der Waals surface area contributed by atoms with E-state index in [9.17, 15) is 4.79 Å². The summed E-state index contributed by atoms with van der Waals surface area (Å²) in [4.78, 5) is 24.2. The zero-order valence-electron chi connectivity index (χ0n) is 15.3. The number of nitrogens with one attached hydrogen (secondary N) is 1. The fourth-order valence-electron chi connectivity index (χ4n) is 2.60. The number of pyridine rings is 1. The van der Waals surface area contributed by atoms with Gasteiger partial charge in [-0.15, -0.1) is 0 Å². The molecule has 1 aromatic heterocycles. The number of aromatic nitrogens is 1. The third kappa shape index (κ3) is 7.19. The Hall–Kier alpha value is -1.99. The first-order valence-electron chi connectivity index (χ1n) is 8.76. The van der Waals surface area contributed by atoms with Gasteiger partial charge in [-0.25, -0.2) is 0 Å². The maximum absolute atomic E-state index is 12.2. The average molecular weight is 348 g/mol. The summed E-state index contributed by atoms with van der Waals surface area (Å²) >= 11 is 0. The summed E-state index contributed by atoms with van der Waals surface area (Å²) in [6.45, 7) is 9.65. The lowest BCUT2D eigenvalue weighted by Gasteiger charge is -2.28. The van der Waals surface area contributed by atoms with Crippen LogP contribution in [0, 0.1) is 0 Å². The Morgan fingerprint density at radius 2 is 2.16 bits per heavy atom. The lowest BCUT2D eigenvalue weighted by atomic mass is 10.1. The molecule has 0 spiro atoms. The van der Waals surface area contributed by atoms with Crippen LogP contribution in [0.25, 0.3) is 0 Å². The van der Waals surface area contributed by atoms with Crippen molar-refractivity contribution in [1.82, 2.24) is 15.2 Å². The van der Waals surface area contributed by atoms with Crippen LogP contribution in [0.15, 0.2) is 29.6 Å². The van der Waals surface area contributed by atoms with Gasteiger partial charge in [-0.3, -0.25) is 14.7 Å². The third-order valence-corrected chi connectivity index (χ3v) is 3.94. The van der Waals surface area contributed by atoms with Crippen LogP contribution in [0.4, 0.5) is 0 Å². The van der Waals surface area contributed by atoms with Gasteiger partial charge >= 0.3 is 0 Å². The van der Waals surface area contributed by atoms with Crippen molar-refractivity contribution in [2.24, 2.45) is 5.16 Å². The lowest BCUT2D eigenvalue weighted by molar-refractivity contribution is -0.115. The molecule has 1 unspecified atom stereocenters. The van der Waals surface area contributed by atoms with Crippen molar-refractivity contribution in [3.8, 4) is 0 Å². The molecular formula is C18H28N4O3. The molecule has 0 aliphatic carbocycles. The van der Waals surface area contributed by atoms with E-state index < -0.39 is 0 Å². The number of oxime groups is 1. The van der Waals surface area contributed by atoms with Crippen LogP contribution in [0.2, 0.25) is 0 Å². The van der Waals surface area contributed by atoms with Crippen LogP contribution < -0.4 is 5.32 Å². The number of nitrogens with zero attached hydrogens (tertiary/aromatic N) is 3. The molecule has 1 amide bonds. The second-order valence-corrected chi connectivity index (χ2v) is 6.41. The van der Waals surface area contributed by atoms with Crippen LogP contribution in [0.3, 0.4) is 0 Å². The molecule has 1 fully saturated rings. The first-order valence-corrected chi connectivity index (χ1v) is 8.76. The van der Waals surface area contributed by atoms with E-state index in [1.165, 1.54) is 0 Å². The number of amides is 1. The fraction of sp³-hybridized carbons (Fsp3) is 0.611. The standard InChI is InChI=1S/C18H28N4O3/c1-14(12-17-6-4-5-7-19-17)20-18(23)16(3)21-25-15(2)13-22-8-10-24-11-9-22/h4-7,14-15H,8-13H2,1-3H3,(H,20,23)/b21-16+/t14-,15?/m1/s1. The number of carbonyl (C=O) groups excluding carboxylic acids is 1. The smallest absolute Gasteiger partial charge is 0.268 e. The van der Waals surface area contributed by atoms with E-state index >= 15 is 0 Å². The number of morpholine rings is 1. The number of hydrogen-bond donors (Lipinski definition) is 1. The molecule has 0 aromatic carbocycles. The van der Waals surface area contributed by atoms with Crippen molar-refractivity contribution in [3.05, 3.63) is 30.1 Å². The van der Waals surface area contributed by atoms with Crippen molar-refractivity contribution >= 4 is 11.6 Å². The summed E-state index contributed by atoms with van der Waals surface area (Å²) in [5.41, 5.74) is 1.27. The summed E-state index contributed by atoms with van der Waals surface area (Å²) in [6.07, 6.45) is 2.35. The molecule has 1 aromatic rings. The minimum atomic E-state index is -0.220. The van der Waals surface area contributed by atoms with E-state index in [0.29, 0.717) is 12.1 Å². The highest BCUT2D eigenvalue weighted by Crippen LogP contribution is 2.02. The van der Waals surface area contributed by atoms with Gasteiger partial charge in [0.1, 0.15) is 11.8 Å². The minimum absolute atomic E-state index is 0.0293. The highest BCUT2D eigenvalue weighted by molar-refractivity contribution is 6.37. The molecule has 25 heavy (non-hydrogen) atoms. The average Bonchev–Trinajstić information content (AvgIpc) is 2.61. The van der Waals surface area contributed by atoms with Gasteiger partial charge in [-0.2, -0.15) is 0 Å². The summed E-state index contributed by atoms with van der Waals surface area (Å²) in [6, 6.07) is 5.73. The topological polar surface area (TPSA) is 76.1 Å². The van der Waals surface area contributed by atoms with Gasteiger partial charge in [-0.1, -0.05) is 11.2 Å². The van der Waals surface area contributed by atoms with Crippen molar-refractivity contribution in [2.45, 2.75) is 39.3 Å². The first-order chi connectivity index (χ1) is 12.0. The molecule has 0 radical (unpaired) electrons. The highest BCUT2D eigenvalue weighted by Gasteiger charge is 2.16. The van der Waals surface area contributed by atoms with Crippen LogP contribution in [0.5, 0.6) is 0 Å². The van der Waals surface area contributed by atoms with Crippen molar-refractivity contribution in [1.29, 1.82) is 0 Å². The Kier molecular flexibility index (Phi) is 7.81. The Bertz CT molecular complexity index is 559. The van der Waals surface area contributed by atoms with Gasteiger partial charge in [0.2, 0.25) is 0 Å². The van der Waals surface area contributed by atoms with Gasteiger partial charge in [0, 0.05) is 44.0 Å². The summed E-state index contributed by atoms with van der Waals surface area (Å²) in [5.74, 6) is -0.220. The largest absolute Gasteiger partial charge is 0.391 e. The number of ether oxygens (including phenoxy) is 1. The van der Waals surface area contributed by atoms with E-state index in [1.54, 1.807) is 13.1 Å². The molecule has 1 saturated heterocycles. The van der Waals surface area contributed by atoms with E-state index in [-0.39, 0.29) is 18.1 Å². The molecule has 0 saturated carbocycles. The highest BCUT2D eigenvalue weighted by atomic mass is 16.6. The molecule has 2 rings (SSSR count). The summed E-state index contributed by atoms with van der Waals surface area (Å²) < 4.78 is 5.32. The normalized spacial score (nSPS) is 18.4. The second kappa shape index (κ2) is 10.1. The van der Waals surface area contributed by atoms with E-state index in [4.69, 9.17) is 9.57 Å². The third-order valence-electron chi connectivity index (χ3n) is 3.94. The van der Waals surface area contributed by atoms with Crippen LogP contribution in [-0.2, 0) is 20.8 Å². The number of carbonyl (C=O) groups is 1. The molecule has 7 nitrogen and oxygen atoms in total. The molecule has 1 aliphatic heterocycles. The predicted octanol–water partition coefficient (Wildman–Crippen LogP) is 1.24. The lowest BCUT2D eigenvalue weighted by Crippen LogP contribution is -2.41. The molecule has 138 valence electrons. The maximum Gasteiger partial charge on any atom is 0.268 e. The van der Waals surface area contributed by atoms with Crippen molar-refractivity contribution in [3.63, 3.8) is 0 Å². The quantitative estimate of drug-likeness (QED) is 0.565. The Morgan fingerprint density at radius 1 is 1.40 bits per heavy atom. The molecule has 2 heterocycles. The Balaban J connectivity index is 1.73. The molecule has 7 heteroatoms. The van der Waals surface area contributed by atoms with Crippen LogP contribution in [-0.4, -0.2) is 66.5 Å². The van der Waals surface area contributed by atoms with Crippen molar-refractivity contribution < 1.29 is 14.4 Å². The zero-order valence-corrected chi connectivity index (χ0v) is 15.3. The minimum Gasteiger partial charge on any atom is -0.391 e. The monoisotopic (exact) mass is 348 g/mol. The fourth-order valence-corrected chi connectivity index (χ4v) is 2.60. The van der Waals surface area contributed by atoms with E-state index in [0.717, 1.165) is 38.5 Å². The van der Waals surface area contributed by atoms with Gasteiger partial charge in [0.25, 0.3) is 5.91 Å². The molecule has 1 aliphatic rings. The summed E-state index contributed by atoms with van der Waals surface area (Å²) in [5, 5.41) is 6.90. The predicted molar refractivity (Wildman–Crippen MR) is 96.5 cm³/mol. The van der Waals surface area contributed by atoms with E-state index in [1.807, 2.05) is 32.0 Å². The Morgan fingerprint density at radius 3 is 2.84 bits per heavy atom. The van der Waals surface area contributed by atoms with Gasteiger partial charge in [-0.05, 0) is 32.9 Å². The maximum atomic E-state index is 12.2.